The summed E-state index contributed by atoms with van der Waals surface area (Å²) in [6.07, 6.45) is -5.99. The molecular formula is C21H26O7. The lowest BCUT2D eigenvalue weighted by molar-refractivity contribution is -0.277. The van der Waals surface area contributed by atoms with Gasteiger partial charge >= 0.3 is 0 Å². The Morgan fingerprint density at radius 1 is 0.964 bits per heavy atom. The van der Waals surface area contributed by atoms with E-state index in [1.807, 2.05) is 37.3 Å². The van der Waals surface area contributed by atoms with Gasteiger partial charge in [0.2, 0.25) is 6.29 Å². The van der Waals surface area contributed by atoms with Crippen LogP contribution >= 0.6 is 0 Å². The number of rotatable bonds is 6. The molecular weight excluding hydrogens is 364 g/mol. The molecule has 28 heavy (non-hydrogen) atoms. The molecule has 0 unspecified atom stereocenters. The molecule has 3 rings (SSSR count). The molecule has 1 aliphatic heterocycles. The van der Waals surface area contributed by atoms with Crippen molar-refractivity contribution < 1.29 is 34.6 Å². The highest BCUT2D eigenvalue weighted by molar-refractivity contribution is 5.41. The van der Waals surface area contributed by atoms with E-state index in [0.29, 0.717) is 12.2 Å². The van der Waals surface area contributed by atoms with Crippen molar-refractivity contribution in [2.24, 2.45) is 0 Å². The first-order valence-corrected chi connectivity index (χ1v) is 9.13. The number of para-hydroxylation sites is 1. The number of methoxy groups -OCH3 is 1. The van der Waals surface area contributed by atoms with Crippen LogP contribution < -0.4 is 9.47 Å². The van der Waals surface area contributed by atoms with Crippen molar-refractivity contribution in [3.63, 3.8) is 0 Å². The second-order valence-electron chi connectivity index (χ2n) is 6.90. The zero-order chi connectivity index (χ0) is 20.3. The topological polar surface area (TPSA) is 109 Å². The van der Waals surface area contributed by atoms with E-state index in [1.54, 1.807) is 19.2 Å². The number of aliphatic hydroxyl groups is 4. The molecule has 5 atom stereocenters. The molecule has 2 aromatic carbocycles. The maximum Gasteiger partial charge on any atom is 0.229 e. The lowest BCUT2D eigenvalue weighted by atomic mass is 9.99. The molecule has 0 spiro atoms. The largest absolute Gasteiger partial charge is 0.496 e. The van der Waals surface area contributed by atoms with Crippen LogP contribution in [0, 0.1) is 6.92 Å². The van der Waals surface area contributed by atoms with Crippen molar-refractivity contribution in [2.45, 2.75) is 44.1 Å². The fourth-order valence-electron chi connectivity index (χ4n) is 3.33. The number of benzene rings is 2. The van der Waals surface area contributed by atoms with Gasteiger partial charge in [-0.15, -0.1) is 0 Å². The molecule has 2 aromatic rings. The monoisotopic (exact) mass is 390 g/mol. The van der Waals surface area contributed by atoms with E-state index in [9.17, 15) is 20.4 Å². The summed E-state index contributed by atoms with van der Waals surface area (Å²) in [6, 6.07) is 13.2. The second-order valence-corrected chi connectivity index (χ2v) is 6.90. The number of hydrogen-bond acceptors (Lipinski definition) is 7. The standard InChI is InChI=1S/C21H26O7/c1-12-9-13(7-8-15(12)26-2)10-14-5-3-4-6-16(14)27-21-20(25)19(24)18(23)17(11-22)28-21/h3-9,17-25H,10-11H2,1-2H3/t17-,18-,19+,20-,21-/m1/s1. The van der Waals surface area contributed by atoms with E-state index < -0.39 is 37.3 Å². The maximum absolute atomic E-state index is 10.2. The van der Waals surface area contributed by atoms with E-state index >= 15 is 0 Å². The lowest BCUT2D eigenvalue weighted by Crippen LogP contribution is -2.60. The van der Waals surface area contributed by atoms with Crippen molar-refractivity contribution in [1.82, 2.24) is 0 Å². The van der Waals surface area contributed by atoms with E-state index in [1.165, 1.54) is 0 Å². The van der Waals surface area contributed by atoms with Crippen LogP contribution in [0.15, 0.2) is 42.5 Å². The molecule has 152 valence electrons. The third-order valence-corrected chi connectivity index (χ3v) is 4.92. The summed E-state index contributed by atoms with van der Waals surface area (Å²) in [6.45, 7) is 1.47. The number of aliphatic hydroxyl groups excluding tert-OH is 4. The first-order valence-electron chi connectivity index (χ1n) is 9.13. The van der Waals surface area contributed by atoms with Crippen molar-refractivity contribution in [1.29, 1.82) is 0 Å². The van der Waals surface area contributed by atoms with Gasteiger partial charge in [-0.3, -0.25) is 0 Å². The van der Waals surface area contributed by atoms with Crippen molar-refractivity contribution in [2.75, 3.05) is 13.7 Å². The molecule has 1 aliphatic rings. The van der Waals surface area contributed by atoms with Crippen LogP contribution in [0.25, 0.3) is 0 Å². The first-order chi connectivity index (χ1) is 13.4. The van der Waals surface area contributed by atoms with E-state index in [2.05, 4.69) is 0 Å². The normalized spacial score (nSPS) is 27.4. The Kier molecular flexibility index (Phi) is 6.53. The number of aryl methyl sites for hydroxylation is 1. The molecule has 1 saturated heterocycles. The Morgan fingerprint density at radius 3 is 2.39 bits per heavy atom. The molecule has 1 fully saturated rings. The highest BCUT2D eigenvalue weighted by Crippen LogP contribution is 2.28. The van der Waals surface area contributed by atoms with Gasteiger partial charge in [-0.2, -0.15) is 0 Å². The van der Waals surface area contributed by atoms with Crippen LogP contribution in [0.1, 0.15) is 16.7 Å². The molecule has 0 aliphatic carbocycles. The van der Waals surface area contributed by atoms with Gasteiger partial charge in [0.1, 0.15) is 35.9 Å². The molecule has 0 aromatic heterocycles. The smallest absolute Gasteiger partial charge is 0.229 e. The molecule has 0 amide bonds. The Bertz CT molecular complexity index is 792. The SMILES string of the molecule is COc1ccc(Cc2ccccc2O[C@@H]2O[C@H](CO)[C@@H](O)[C@H](O)[C@H]2O)cc1C. The zero-order valence-electron chi connectivity index (χ0n) is 15.9. The molecule has 0 saturated carbocycles. The summed E-state index contributed by atoms with van der Waals surface area (Å²) in [5.74, 6) is 1.30. The molecule has 0 radical (unpaired) electrons. The van der Waals surface area contributed by atoms with Gasteiger partial charge < -0.3 is 34.6 Å². The predicted molar refractivity (Wildman–Crippen MR) is 101 cm³/mol. The maximum atomic E-state index is 10.2. The minimum atomic E-state index is -1.48. The summed E-state index contributed by atoms with van der Waals surface area (Å²) >= 11 is 0. The molecule has 1 heterocycles. The van der Waals surface area contributed by atoms with Crippen LogP contribution in [0.5, 0.6) is 11.5 Å². The van der Waals surface area contributed by atoms with Crippen LogP contribution in [-0.4, -0.2) is 64.8 Å². The Balaban J connectivity index is 1.79. The third-order valence-electron chi connectivity index (χ3n) is 4.92. The average molecular weight is 390 g/mol. The summed E-state index contributed by atoms with van der Waals surface area (Å²) < 4.78 is 16.6. The lowest BCUT2D eigenvalue weighted by Gasteiger charge is -2.39. The van der Waals surface area contributed by atoms with Crippen molar-refractivity contribution >= 4 is 0 Å². The van der Waals surface area contributed by atoms with Crippen molar-refractivity contribution in [3.05, 3.63) is 59.2 Å². The number of hydrogen-bond donors (Lipinski definition) is 4. The van der Waals surface area contributed by atoms with Gasteiger partial charge in [0.25, 0.3) is 0 Å². The fourth-order valence-corrected chi connectivity index (χ4v) is 3.33. The summed E-state index contributed by atoms with van der Waals surface area (Å²) in [5, 5.41) is 39.4. The molecule has 4 N–H and O–H groups in total. The highest BCUT2D eigenvalue weighted by atomic mass is 16.7. The van der Waals surface area contributed by atoms with Gasteiger partial charge in [0.15, 0.2) is 0 Å². The summed E-state index contributed by atoms with van der Waals surface area (Å²) in [7, 11) is 1.63. The van der Waals surface area contributed by atoms with Crippen LogP contribution in [0.3, 0.4) is 0 Å². The van der Waals surface area contributed by atoms with Gasteiger partial charge in [-0.25, -0.2) is 0 Å². The Labute approximate surface area is 163 Å². The molecule has 7 heteroatoms. The van der Waals surface area contributed by atoms with E-state index in [4.69, 9.17) is 14.2 Å². The van der Waals surface area contributed by atoms with Gasteiger partial charge in [-0.05, 0) is 35.7 Å². The average Bonchev–Trinajstić information content (AvgIpc) is 2.70. The first kappa shape index (κ1) is 20.6. The van der Waals surface area contributed by atoms with Crippen LogP contribution in [0.2, 0.25) is 0 Å². The summed E-state index contributed by atoms with van der Waals surface area (Å²) in [5.41, 5.74) is 2.94. The fraction of sp³-hybridized carbons (Fsp3) is 0.429. The molecule has 0 bridgehead atoms. The van der Waals surface area contributed by atoms with Crippen LogP contribution in [0.4, 0.5) is 0 Å². The summed E-state index contributed by atoms with van der Waals surface area (Å²) in [4.78, 5) is 0. The number of ether oxygens (including phenoxy) is 3. The van der Waals surface area contributed by atoms with Crippen LogP contribution in [-0.2, 0) is 11.2 Å². The van der Waals surface area contributed by atoms with E-state index in [-0.39, 0.29) is 0 Å². The zero-order valence-corrected chi connectivity index (χ0v) is 15.9. The Morgan fingerprint density at radius 2 is 1.71 bits per heavy atom. The van der Waals surface area contributed by atoms with Crippen molar-refractivity contribution in [3.8, 4) is 11.5 Å². The molecule has 7 nitrogen and oxygen atoms in total. The Hall–Kier alpha value is -2.16. The third kappa shape index (κ3) is 4.29. The highest BCUT2D eigenvalue weighted by Gasteiger charge is 2.44. The van der Waals surface area contributed by atoms with Gasteiger partial charge in [0.05, 0.1) is 13.7 Å². The van der Waals surface area contributed by atoms with Gasteiger partial charge in [0, 0.05) is 6.42 Å². The van der Waals surface area contributed by atoms with Gasteiger partial charge in [-0.1, -0.05) is 30.3 Å². The predicted octanol–water partition coefficient (Wildman–Crippen LogP) is 0.773. The minimum Gasteiger partial charge on any atom is -0.496 e. The van der Waals surface area contributed by atoms with E-state index in [0.717, 1.165) is 22.4 Å². The minimum absolute atomic E-state index is 0.486. The quantitative estimate of drug-likeness (QED) is 0.577. The second kappa shape index (κ2) is 8.89.